The van der Waals surface area contributed by atoms with Crippen LogP contribution >= 0.6 is 0 Å². The van der Waals surface area contributed by atoms with Gasteiger partial charge in [0.2, 0.25) is 0 Å². The van der Waals surface area contributed by atoms with Crippen molar-refractivity contribution < 1.29 is 0 Å². The van der Waals surface area contributed by atoms with Crippen molar-refractivity contribution in [1.29, 1.82) is 0 Å². The molecule has 0 aliphatic carbocycles. The van der Waals surface area contributed by atoms with E-state index in [4.69, 9.17) is 9.97 Å². The number of nitrogens with zero attached hydrogens (tertiary/aromatic N) is 2. The van der Waals surface area contributed by atoms with Crippen molar-refractivity contribution in [1.82, 2.24) is 9.97 Å². The molecule has 0 N–H and O–H groups in total. The van der Waals surface area contributed by atoms with Gasteiger partial charge < -0.3 is 0 Å². The molecule has 2 heterocycles. The highest BCUT2D eigenvalue weighted by molar-refractivity contribution is 6.45. The summed E-state index contributed by atoms with van der Waals surface area (Å²) in [5, 5.41) is 25.7. The van der Waals surface area contributed by atoms with Crippen LogP contribution < -0.4 is 0 Å². The van der Waals surface area contributed by atoms with Gasteiger partial charge in [0.15, 0.2) is 0 Å². The van der Waals surface area contributed by atoms with Crippen molar-refractivity contribution in [2.24, 2.45) is 0 Å². The molecule has 236 valence electrons. The van der Waals surface area contributed by atoms with E-state index in [-0.39, 0.29) is 0 Å². The van der Waals surface area contributed by atoms with Gasteiger partial charge in [-0.3, -0.25) is 9.97 Å². The molecule has 0 saturated carbocycles. The second-order valence-corrected chi connectivity index (χ2v) is 14.4. The van der Waals surface area contributed by atoms with Crippen molar-refractivity contribution in [3.8, 4) is 22.5 Å². The Morgan fingerprint density at radius 2 is 0.808 bits per heavy atom. The van der Waals surface area contributed by atoms with Crippen LogP contribution in [0.1, 0.15) is 0 Å². The van der Waals surface area contributed by atoms with Crippen LogP contribution in [0.25, 0.3) is 130 Å². The van der Waals surface area contributed by atoms with Crippen LogP contribution in [-0.2, 0) is 0 Å². The van der Waals surface area contributed by atoms with Gasteiger partial charge in [-0.1, -0.05) is 97.1 Å². The number of pyridine rings is 2. The van der Waals surface area contributed by atoms with Crippen LogP contribution in [0.2, 0.25) is 0 Å². The molecular weight excluding hydrogens is 629 g/mol. The third-order valence-corrected chi connectivity index (χ3v) is 11.9. The highest BCUT2D eigenvalue weighted by Crippen LogP contribution is 2.54. The Hall–Kier alpha value is -6.90. The largest absolute Gasteiger partial charge is 0.256 e. The van der Waals surface area contributed by atoms with Crippen molar-refractivity contribution in [2.75, 3.05) is 0 Å². The van der Waals surface area contributed by atoms with Gasteiger partial charge in [0.1, 0.15) is 0 Å². The molecule has 11 aromatic carbocycles. The highest BCUT2D eigenvalue weighted by Gasteiger charge is 2.27. The highest BCUT2D eigenvalue weighted by atomic mass is 14.7. The summed E-state index contributed by atoms with van der Waals surface area (Å²) in [6.07, 6.45) is 3.86. The van der Waals surface area contributed by atoms with Gasteiger partial charge in [-0.25, -0.2) is 0 Å². The van der Waals surface area contributed by atoms with E-state index in [2.05, 4.69) is 133 Å². The monoisotopic (exact) mass is 654 g/mol. The summed E-state index contributed by atoms with van der Waals surface area (Å²) >= 11 is 0. The topological polar surface area (TPSA) is 25.8 Å². The van der Waals surface area contributed by atoms with Gasteiger partial charge in [-0.15, -0.1) is 0 Å². The molecule has 2 nitrogen and oxygen atoms in total. The zero-order valence-corrected chi connectivity index (χ0v) is 27.9. The molecule has 2 aromatic heterocycles. The van der Waals surface area contributed by atoms with E-state index in [9.17, 15) is 0 Å². The zero-order valence-electron chi connectivity index (χ0n) is 27.9. The minimum Gasteiger partial charge on any atom is -0.256 e. The number of aromatic nitrogens is 2. The summed E-state index contributed by atoms with van der Waals surface area (Å²) in [5.74, 6) is 0. The van der Waals surface area contributed by atoms with Gasteiger partial charge in [0, 0.05) is 34.3 Å². The van der Waals surface area contributed by atoms with Gasteiger partial charge in [0.05, 0.1) is 11.4 Å². The molecule has 0 fully saturated rings. The second kappa shape index (κ2) is 9.45. The lowest BCUT2D eigenvalue weighted by Crippen LogP contribution is -1.92. The fourth-order valence-corrected chi connectivity index (χ4v) is 9.93. The van der Waals surface area contributed by atoms with E-state index in [0.29, 0.717) is 0 Å². The Kier molecular flexibility index (Phi) is 4.89. The van der Waals surface area contributed by atoms with Gasteiger partial charge >= 0.3 is 0 Å². The summed E-state index contributed by atoms with van der Waals surface area (Å²) < 4.78 is 0. The Balaban J connectivity index is 1.35. The van der Waals surface area contributed by atoms with E-state index in [1.807, 2.05) is 24.5 Å². The molecule has 0 bridgehead atoms. The smallest absolute Gasteiger partial charge is 0.0714 e. The van der Waals surface area contributed by atoms with Crippen LogP contribution in [0.3, 0.4) is 0 Å². The minimum absolute atomic E-state index is 0.983. The third-order valence-electron chi connectivity index (χ3n) is 11.9. The lowest BCUT2D eigenvalue weighted by atomic mass is 9.88. The molecule has 52 heavy (non-hydrogen) atoms. The van der Waals surface area contributed by atoms with E-state index in [0.717, 1.165) is 11.4 Å². The number of benzene rings is 9. The summed E-state index contributed by atoms with van der Waals surface area (Å²) in [6, 6.07) is 54.0. The SMILES string of the molecule is c1ccc(-c2c3cc4c(cc3c(-c3ccccn3)c3c5cc6ccccc6c6cccc(c23)c65)c2ccc3ccc5cccc6cc4c2c3c56)nc1. The van der Waals surface area contributed by atoms with Crippen LogP contribution in [0.15, 0.2) is 158 Å². The van der Waals surface area contributed by atoms with Crippen molar-refractivity contribution in [2.45, 2.75) is 0 Å². The fourth-order valence-electron chi connectivity index (χ4n) is 9.93. The first kappa shape index (κ1) is 26.9. The molecule has 0 radical (unpaired) electrons. The maximum Gasteiger partial charge on any atom is 0.0714 e. The molecular formula is C50H26N2. The molecule has 13 aromatic rings. The molecule has 0 aliphatic heterocycles. The normalized spacial score (nSPS) is 12.6. The fraction of sp³-hybridized carbons (Fsp3) is 0. The first-order valence-electron chi connectivity index (χ1n) is 18.0. The number of hydrogen-bond donors (Lipinski definition) is 0. The summed E-state index contributed by atoms with van der Waals surface area (Å²) in [7, 11) is 0. The maximum absolute atomic E-state index is 5.08. The van der Waals surface area contributed by atoms with Crippen LogP contribution in [-0.4, -0.2) is 9.97 Å². The van der Waals surface area contributed by atoms with E-state index >= 15 is 0 Å². The lowest BCUT2D eigenvalue weighted by molar-refractivity contribution is 1.33. The quantitative estimate of drug-likeness (QED) is 0.173. The Morgan fingerprint density at radius 3 is 1.58 bits per heavy atom. The standard InChI is InChI=1S/C50H26N2/c1-2-12-31-29(9-1)23-40-45-32(31)13-8-14-34(45)49-47(41-15-3-5-21-51-41)39-26-36-35(25-38(39)48(50(40)49)42-16-4-6-22-52-42)33-20-19-28-18-17-27-10-7-11-30-24-37(36)46(33)44(28)43(27)30/h1-26H. The van der Waals surface area contributed by atoms with Gasteiger partial charge in [0.25, 0.3) is 0 Å². The molecule has 0 saturated heterocycles. The maximum atomic E-state index is 5.08. The zero-order chi connectivity index (χ0) is 33.7. The predicted octanol–water partition coefficient (Wildman–Crippen LogP) is 13.7. The molecule has 0 aliphatic rings. The predicted molar refractivity (Wildman–Crippen MR) is 222 cm³/mol. The number of fused-ring (bicyclic) bond motifs is 9. The first-order valence-corrected chi connectivity index (χ1v) is 18.0. The molecule has 2 heteroatoms. The average Bonchev–Trinajstić information content (AvgIpc) is 3.69. The lowest BCUT2D eigenvalue weighted by Gasteiger charge is -2.16. The number of hydrogen-bond acceptors (Lipinski definition) is 2. The van der Waals surface area contributed by atoms with E-state index in [1.165, 1.54) is 119 Å². The molecule has 0 atom stereocenters. The first-order chi connectivity index (χ1) is 25.8. The summed E-state index contributed by atoms with van der Waals surface area (Å²) in [6.45, 7) is 0. The van der Waals surface area contributed by atoms with Gasteiger partial charge in [-0.2, -0.15) is 0 Å². The van der Waals surface area contributed by atoms with E-state index < -0.39 is 0 Å². The van der Waals surface area contributed by atoms with Crippen molar-refractivity contribution in [3.63, 3.8) is 0 Å². The minimum atomic E-state index is 0.983. The average molecular weight is 655 g/mol. The molecule has 0 amide bonds. The third kappa shape index (κ3) is 3.22. The number of rotatable bonds is 2. The Bertz CT molecular complexity index is 3600. The van der Waals surface area contributed by atoms with Crippen molar-refractivity contribution in [3.05, 3.63) is 158 Å². The van der Waals surface area contributed by atoms with Crippen molar-refractivity contribution >= 4 is 108 Å². The van der Waals surface area contributed by atoms with Crippen LogP contribution in [0.5, 0.6) is 0 Å². The summed E-state index contributed by atoms with van der Waals surface area (Å²) in [4.78, 5) is 10.2. The van der Waals surface area contributed by atoms with Crippen LogP contribution in [0.4, 0.5) is 0 Å². The second-order valence-electron chi connectivity index (χ2n) is 14.4. The summed E-state index contributed by atoms with van der Waals surface area (Å²) in [5.41, 5.74) is 4.33. The molecule has 13 rings (SSSR count). The molecule has 0 unspecified atom stereocenters. The molecule has 0 spiro atoms. The Labute approximate surface area is 297 Å². The van der Waals surface area contributed by atoms with Crippen LogP contribution in [0, 0.1) is 0 Å². The Morgan fingerprint density at radius 1 is 0.250 bits per heavy atom. The van der Waals surface area contributed by atoms with Gasteiger partial charge in [-0.05, 0) is 145 Å². The van der Waals surface area contributed by atoms with E-state index in [1.54, 1.807) is 0 Å².